The molecule has 1 heterocycles. The third kappa shape index (κ3) is 2.50. The van der Waals surface area contributed by atoms with Crippen LogP contribution in [0.4, 0.5) is 8.78 Å². The van der Waals surface area contributed by atoms with E-state index in [1.807, 2.05) is 0 Å². The van der Waals surface area contributed by atoms with E-state index < -0.39 is 18.2 Å². The Bertz CT molecular complexity index is 808. The Morgan fingerprint density at radius 2 is 1.90 bits per heavy atom. The fraction of sp³-hybridized carbons (Fsp3) is 0.0625. The van der Waals surface area contributed by atoms with E-state index in [2.05, 4.69) is 0 Å². The van der Waals surface area contributed by atoms with Crippen LogP contribution in [0.15, 0.2) is 53.1 Å². The molecule has 106 valence electrons. The summed E-state index contributed by atoms with van der Waals surface area (Å²) in [7, 11) is 0. The highest BCUT2D eigenvalue weighted by atomic mass is 19.2. The molecule has 0 unspecified atom stereocenters. The highest BCUT2D eigenvalue weighted by Crippen LogP contribution is 2.23. The third-order valence-corrected chi connectivity index (χ3v) is 3.06. The van der Waals surface area contributed by atoms with Gasteiger partial charge in [0.1, 0.15) is 11.8 Å². The van der Waals surface area contributed by atoms with E-state index in [-0.39, 0.29) is 11.5 Å². The zero-order valence-corrected chi connectivity index (χ0v) is 10.8. The zero-order valence-electron chi connectivity index (χ0n) is 10.8. The van der Waals surface area contributed by atoms with Gasteiger partial charge in [0.2, 0.25) is 11.6 Å². The number of benzene rings is 2. The first-order valence-corrected chi connectivity index (χ1v) is 6.23. The molecule has 5 heteroatoms. The zero-order chi connectivity index (χ0) is 14.8. The van der Waals surface area contributed by atoms with Crippen LogP contribution < -0.4 is 4.74 Å². The first kappa shape index (κ1) is 13.3. The molecular formula is C16H10F2O3. The average molecular weight is 288 g/mol. The summed E-state index contributed by atoms with van der Waals surface area (Å²) in [5.74, 6) is -2.80. The number of hydrogen-bond donors (Lipinski definition) is 0. The van der Waals surface area contributed by atoms with Gasteiger partial charge in [-0.1, -0.05) is 24.3 Å². The molecule has 1 aromatic heterocycles. The summed E-state index contributed by atoms with van der Waals surface area (Å²) >= 11 is 0. The Morgan fingerprint density at radius 3 is 2.76 bits per heavy atom. The monoisotopic (exact) mass is 288 g/mol. The highest BCUT2D eigenvalue weighted by Gasteiger charge is 2.16. The van der Waals surface area contributed by atoms with Crippen LogP contribution in [0, 0.1) is 11.6 Å². The maximum Gasteiger partial charge on any atom is 0.204 e. The van der Waals surface area contributed by atoms with E-state index in [4.69, 9.17) is 9.15 Å². The van der Waals surface area contributed by atoms with Gasteiger partial charge in [0.15, 0.2) is 18.2 Å². The van der Waals surface area contributed by atoms with Crippen molar-refractivity contribution in [3.8, 4) is 5.75 Å². The summed E-state index contributed by atoms with van der Waals surface area (Å²) < 4.78 is 36.7. The van der Waals surface area contributed by atoms with Crippen molar-refractivity contribution >= 4 is 16.8 Å². The Hall–Kier alpha value is -2.69. The van der Waals surface area contributed by atoms with Gasteiger partial charge in [-0.2, -0.15) is 4.39 Å². The summed E-state index contributed by atoms with van der Waals surface area (Å²) in [6.45, 7) is -0.399. The summed E-state index contributed by atoms with van der Waals surface area (Å²) in [5.41, 5.74) is 0.931. The molecule has 3 aromatic rings. The lowest BCUT2D eigenvalue weighted by molar-refractivity contribution is 0.0919. The van der Waals surface area contributed by atoms with Crippen LogP contribution in [0.5, 0.6) is 5.75 Å². The number of ether oxygens (including phenoxy) is 1. The van der Waals surface area contributed by atoms with Crippen molar-refractivity contribution in [2.75, 3.05) is 6.61 Å². The van der Waals surface area contributed by atoms with Crippen LogP contribution in [0.2, 0.25) is 0 Å². The molecule has 3 nitrogen and oxygen atoms in total. The molecule has 0 aliphatic rings. The van der Waals surface area contributed by atoms with Crippen LogP contribution in [-0.4, -0.2) is 12.4 Å². The normalized spacial score (nSPS) is 10.8. The lowest BCUT2D eigenvalue weighted by atomic mass is 10.1. The lowest BCUT2D eigenvalue weighted by Gasteiger charge is -2.06. The number of para-hydroxylation sites is 1. The number of rotatable bonds is 4. The van der Waals surface area contributed by atoms with Crippen LogP contribution in [-0.2, 0) is 0 Å². The minimum atomic E-state index is -1.11. The second-order valence-corrected chi connectivity index (χ2v) is 4.41. The number of hydrogen-bond acceptors (Lipinski definition) is 3. The molecule has 3 rings (SSSR count). The molecule has 2 aromatic carbocycles. The van der Waals surface area contributed by atoms with Gasteiger partial charge >= 0.3 is 0 Å². The molecule has 0 aliphatic heterocycles. The van der Waals surface area contributed by atoms with Crippen LogP contribution in [0.1, 0.15) is 10.4 Å². The van der Waals surface area contributed by atoms with Gasteiger partial charge in [0.25, 0.3) is 0 Å². The first-order chi connectivity index (χ1) is 10.2. The van der Waals surface area contributed by atoms with Crippen LogP contribution >= 0.6 is 0 Å². The molecule has 0 amide bonds. The minimum Gasteiger partial charge on any atom is -0.482 e. The second-order valence-electron chi connectivity index (χ2n) is 4.41. The number of carbonyl (C=O) groups excluding carboxylic acids is 1. The Kier molecular flexibility index (Phi) is 3.39. The predicted molar refractivity (Wildman–Crippen MR) is 72.4 cm³/mol. The van der Waals surface area contributed by atoms with Crippen molar-refractivity contribution in [3.05, 3.63) is 65.9 Å². The maximum atomic E-state index is 13.4. The Labute approximate surface area is 118 Å². The predicted octanol–water partition coefficient (Wildman–Crippen LogP) is 3.97. The SMILES string of the molecule is O=C(COc1cccc(F)c1F)c1coc2ccccc12. The van der Waals surface area contributed by atoms with E-state index in [0.717, 1.165) is 6.07 Å². The van der Waals surface area contributed by atoms with Crippen molar-refractivity contribution in [2.24, 2.45) is 0 Å². The molecule has 0 spiro atoms. The summed E-state index contributed by atoms with van der Waals surface area (Å²) in [6.07, 6.45) is 1.33. The molecule has 0 saturated heterocycles. The molecule has 0 bridgehead atoms. The quantitative estimate of drug-likeness (QED) is 0.682. The molecular weight excluding hydrogens is 278 g/mol. The number of furan rings is 1. The van der Waals surface area contributed by atoms with E-state index in [0.29, 0.717) is 16.5 Å². The smallest absolute Gasteiger partial charge is 0.204 e. The van der Waals surface area contributed by atoms with Gasteiger partial charge in [-0.15, -0.1) is 0 Å². The fourth-order valence-corrected chi connectivity index (χ4v) is 2.01. The number of carbonyl (C=O) groups is 1. The number of fused-ring (bicyclic) bond motifs is 1. The molecule has 0 saturated carbocycles. The molecule has 0 fully saturated rings. The number of halogens is 2. The van der Waals surface area contributed by atoms with Gasteiger partial charge in [-0.3, -0.25) is 4.79 Å². The van der Waals surface area contributed by atoms with E-state index in [1.165, 1.54) is 18.4 Å². The van der Waals surface area contributed by atoms with Gasteiger partial charge in [0.05, 0.1) is 5.56 Å². The van der Waals surface area contributed by atoms with E-state index in [9.17, 15) is 13.6 Å². The number of ketones is 1. The Balaban J connectivity index is 1.79. The average Bonchev–Trinajstić information content (AvgIpc) is 2.92. The largest absolute Gasteiger partial charge is 0.482 e. The van der Waals surface area contributed by atoms with Gasteiger partial charge < -0.3 is 9.15 Å². The van der Waals surface area contributed by atoms with Crippen LogP contribution in [0.25, 0.3) is 11.0 Å². The molecule has 0 N–H and O–H groups in total. The fourth-order valence-electron chi connectivity index (χ4n) is 2.01. The van der Waals surface area contributed by atoms with E-state index in [1.54, 1.807) is 24.3 Å². The Morgan fingerprint density at radius 1 is 1.10 bits per heavy atom. The summed E-state index contributed by atoms with van der Waals surface area (Å²) in [4.78, 5) is 12.1. The van der Waals surface area contributed by atoms with Crippen molar-refractivity contribution in [1.82, 2.24) is 0 Å². The highest BCUT2D eigenvalue weighted by molar-refractivity contribution is 6.07. The van der Waals surface area contributed by atoms with Gasteiger partial charge in [-0.25, -0.2) is 4.39 Å². The molecule has 0 atom stereocenters. The first-order valence-electron chi connectivity index (χ1n) is 6.23. The minimum absolute atomic E-state index is 0.295. The van der Waals surface area contributed by atoms with Gasteiger partial charge in [0, 0.05) is 5.39 Å². The van der Waals surface area contributed by atoms with Crippen molar-refractivity contribution < 1.29 is 22.7 Å². The summed E-state index contributed by atoms with van der Waals surface area (Å²) in [6, 6.07) is 10.6. The van der Waals surface area contributed by atoms with Gasteiger partial charge in [-0.05, 0) is 18.2 Å². The number of Topliss-reactive ketones (excluding diaryl/α,β-unsaturated/α-hetero) is 1. The third-order valence-electron chi connectivity index (χ3n) is 3.06. The van der Waals surface area contributed by atoms with E-state index >= 15 is 0 Å². The maximum absolute atomic E-state index is 13.4. The van der Waals surface area contributed by atoms with Crippen molar-refractivity contribution in [1.29, 1.82) is 0 Å². The molecule has 21 heavy (non-hydrogen) atoms. The second kappa shape index (κ2) is 5.36. The van der Waals surface area contributed by atoms with Crippen molar-refractivity contribution in [3.63, 3.8) is 0 Å². The lowest BCUT2D eigenvalue weighted by Crippen LogP contribution is -2.12. The molecule has 0 radical (unpaired) electrons. The van der Waals surface area contributed by atoms with Crippen LogP contribution in [0.3, 0.4) is 0 Å². The standard InChI is InChI=1S/C16H10F2O3/c17-12-5-3-7-15(16(12)18)21-9-13(19)11-8-20-14-6-2-1-4-10(11)14/h1-8H,9H2. The topological polar surface area (TPSA) is 39.4 Å². The molecule has 0 aliphatic carbocycles. The summed E-state index contributed by atoms with van der Waals surface area (Å²) in [5, 5.41) is 0.658. The van der Waals surface area contributed by atoms with Crippen molar-refractivity contribution in [2.45, 2.75) is 0 Å².